The van der Waals surface area contributed by atoms with E-state index in [1.54, 1.807) is 31.4 Å². The highest BCUT2D eigenvalue weighted by atomic mass is 35.5. The summed E-state index contributed by atoms with van der Waals surface area (Å²) in [5.41, 5.74) is 0.568. The Labute approximate surface area is 88.8 Å². The van der Waals surface area contributed by atoms with Crippen molar-refractivity contribution in [1.82, 2.24) is 0 Å². The Morgan fingerprint density at radius 1 is 1.50 bits per heavy atom. The van der Waals surface area contributed by atoms with Crippen LogP contribution in [0.25, 0.3) is 0 Å². The van der Waals surface area contributed by atoms with Gasteiger partial charge >= 0.3 is 0 Å². The van der Waals surface area contributed by atoms with Crippen LogP contribution in [0.4, 0.5) is 0 Å². The van der Waals surface area contributed by atoms with Crippen molar-refractivity contribution in [2.75, 3.05) is 7.11 Å². The number of ether oxygens (including phenoxy) is 1. The lowest BCUT2D eigenvalue weighted by atomic mass is 10.1. The van der Waals surface area contributed by atoms with Gasteiger partial charge in [0.05, 0.1) is 11.1 Å². The van der Waals surface area contributed by atoms with Gasteiger partial charge in [0.1, 0.15) is 0 Å². The van der Waals surface area contributed by atoms with Crippen LogP contribution in [-0.2, 0) is 4.74 Å². The molecule has 1 atom stereocenters. The fourth-order valence-electron chi connectivity index (χ4n) is 1.14. The lowest BCUT2D eigenvalue weighted by molar-refractivity contribution is 0.0792. The van der Waals surface area contributed by atoms with Gasteiger partial charge in [0.2, 0.25) is 0 Å². The largest absolute Gasteiger partial charge is 0.381 e. The Morgan fingerprint density at radius 2 is 2.14 bits per heavy atom. The normalized spacial score (nSPS) is 12.5. The quantitative estimate of drug-likeness (QED) is 0.718. The molecule has 1 rings (SSSR count). The Bertz CT molecular complexity index is 323. The number of rotatable bonds is 4. The highest BCUT2D eigenvalue weighted by Gasteiger charge is 2.12. The fourth-order valence-corrected chi connectivity index (χ4v) is 1.38. The third-order valence-corrected chi connectivity index (χ3v) is 2.38. The number of carbonyl (C=O) groups excluding carboxylic acids is 1. The summed E-state index contributed by atoms with van der Waals surface area (Å²) >= 11 is 5.88. The summed E-state index contributed by atoms with van der Waals surface area (Å²) in [4.78, 5) is 11.7. The van der Waals surface area contributed by atoms with E-state index in [4.69, 9.17) is 16.3 Å². The van der Waals surface area contributed by atoms with E-state index in [1.807, 2.05) is 6.92 Å². The average molecular weight is 213 g/mol. The lowest BCUT2D eigenvalue weighted by Crippen LogP contribution is -2.12. The zero-order valence-corrected chi connectivity index (χ0v) is 9.04. The van der Waals surface area contributed by atoms with Gasteiger partial charge in [-0.15, -0.1) is 0 Å². The van der Waals surface area contributed by atoms with E-state index < -0.39 is 0 Å². The van der Waals surface area contributed by atoms with Crippen LogP contribution in [0.15, 0.2) is 24.3 Å². The van der Waals surface area contributed by atoms with Gasteiger partial charge in [0.25, 0.3) is 0 Å². The fraction of sp³-hybridized carbons (Fsp3) is 0.364. The molecule has 3 heteroatoms. The van der Waals surface area contributed by atoms with Crippen molar-refractivity contribution in [3.63, 3.8) is 0 Å². The van der Waals surface area contributed by atoms with E-state index in [9.17, 15) is 4.79 Å². The molecule has 0 aliphatic heterocycles. The van der Waals surface area contributed by atoms with Crippen LogP contribution in [0.3, 0.4) is 0 Å². The standard InChI is InChI=1S/C11H13ClO2/c1-8(14-2)7-11(13)9-5-3-4-6-10(9)12/h3-6,8H,7H2,1-2H3. The molecule has 76 valence electrons. The van der Waals surface area contributed by atoms with Crippen LogP contribution in [0.1, 0.15) is 23.7 Å². The topological polar surface area (TPSA) is 26.3 Å². The molecule has 0 N–H and O–H groups in total. The summed E-state index contributed by atoms with van der Waals surface area (Å²) in [6.07, 6.45) is 0.291. The predicted octanol–water partition coefficient (Wildman–Crippen LogP) is 2.95. The summed E-state index contributed by atoms with van der Waals surface area (Å²) in [7, 11) is 1.59. The first-order valence-corrected chi connectivity index (χ1v) is 4.83. The minimum atomic E-state index is -0.0706. The van der Waals surface area contributed by atoms with Gasteiger partial charge in [-0.3, -0.25) is 4.79 Å². The van der Waals surface area contributed by atoms with E-state index in [0.29, 0.717) is 17.0 Å². The molecule has 1 aromatic rings. The van der Waals surface area contributed by atoms with Gasteiger partial charge in [-0.05, 0) is 19.1 Å². The number of hydrogen-bond acceptors (Lipinski definition) is 2. The van der Waals surface area contributed by atoms with Gasteiger partial charge in [-0.2, -0.15) is 0 Å². The van der Waals surface area contributed by atoms with Crippen molar-refractivity contribution in [3.8, 4) is 0 Å². The molecule has 0 saturated heterocycles. The third kappa shape index (κ3) is 2.82. The predicted molar refractivity (Wildman–Crippen MR) is 56.9 cm³/mol. The molecule has 1 aromatic carbocycles. The Hall–Kier alpha value is -0.860. The molecule has 0 amide bonds. The number of carbonyl (C=O) groups is 1. The SMILES string of the molecule is COC(C)CC(=O)c1ccccc1Cl. The van der Waals surface area contributed by atoms with Crippen molar-refractivity contribution in [2.24, 2.45) is 0 Å². The molecule has 0 aliphatic rings. The minimum absolute atomic E-state index is 0.0185. The maximum absolute atomic E-state index is 11.7. The molecule has 0 heterocycles. The monoisotopic (exact) mass is 212 g/mol. The number of Topliss-reactive ketones (excluding diaryl/α,β-unsaturated/α-hetero) is 1. The first-order valence-electron chi connectivity index (χ1n) is 4.45. The van der Waals surface area contributed by atoms with Crippen LogP contribution < -0.4 is 0 Å². The van der Waals surface area contributed by atoms with E-state index in [2.05, 4.69) is 0 Å². The second-order valence-corrected chi connectivity index (χ2v) is 3.56. The molecule has 0 spiro atoms. The van der Waals surface area contributed by atoms with E-state index in [-0.39, 0.29) is 11.9 Å². The second kappa shape index (κ2) is 5.13. The molecule has 2 nitrogen and oxygen atoms in total. The molecule has 0 aromatic heterocycles. The molecule has 0 saturated carbocycles. The molecule has 0 fully saturated rings. The zero-order valence-electron chi connectivity index (χ0n) is 8.29. The smallest absolute Gasteiger partial charge is 0.166 e. The van der Waals surface area contributed by atoms with Crippen LogP contribution in [0.2, 0.25) is 5.02 Å². The van der Waals surface area contributed by atoms with Crippen molar-refractivity contribution in [2.45, 2.75) is 19.4 Å². The first kappa shape index (κ1) is 11.2. The van der Waals surface area contributed by atoms with E-state index in [0.717, 1.165) is 0 Å². The molecular formula is C11H13ClO2. The Balaban J connectivity index is 2.75. The summed E-state index contributed by atoms with van der Waals surface area (Å²) in [6, 6.07) is 7.05. The van der Waals surface area contributed by atoms with E-state index >= 15 is 0 Å². The van der Waals surface area contributed by atoms with Gasteiger partial charge in [0, 0.05) is 19.1 Å². The highest BCUT2D eigenvalue weighted by Crippen LogP contribution is 2.17. The Kier molecular flexibility index (Phi) is 4.11. The van der Waals surface area contributed by atoms with E-state index in [1.165, 1.54) is 0 Å². The van der Waals surface area contributed by atoms with Gasteiger partial charge in [0.15, 0.2) is 5.78 Å². The van der Waals surface area contributed by atoms with Crippen LogP contribution in [0.5, 0.6) is 0 Å². The molecular weight excluding hydrogens is 200 g/mol. The van der Waals surface area contributed by atoms with Crippen LogP contribution >= 0.6 is 11.6 Å². The molecule has 0 bridgehead atoms. The first-order chi connectivity index (χ1) is 6.65. The van der Waals surface area contributed by atoms with Crippen molar-refractivity contribution >= 4 is 17.4 Å². The molecule has 14 heavy (non-hydrogen) atoms. The van der Waals surface area contributed by atoms with Gasteiger partial charge in [-0.25, -0.2) is 0 Å². The van der Waals surface area contributed by atoms with Crippen molar-refractivity contribution < 1.29 is 9.53 Å². The summed E-state index contributed by atoms with van der Waals surface area (Å²) in [6.45, 7) is 1.86. The Morgan fingerprint density at radius 3 is 2.71 bits per heavy atom. The van der Waals surface area contributed by atoms with Crippen LogP contribution in [-0.4, -0.2) is 19.0 Å². The summed E-state index contributed by atoms with van der Waals surface area (Å²) in [5.74, 6) is 0.0185. The second-order valence-electron chi connectivity index (χ2n) is 3.15. The molecule has 1 unspecified atom stereocenters. The lowest BCUT2D eigenvalue weighted by Gasteiger charge is -2.08. The molecule has 0 aliphatic carbocycles. The maximum atomic E-state index is 11.7. The number of methoxy groups -OCH3 is 1. The number of benzene rings is 1. The van der Waals surface area contributed by atoms with Crippen LogP contribution in [0, 0.1) is 0 Å². The number of hydrogen-bond donors (Lipinski definition) is 0. The highest BCUT2D eigenvalue weighted by molar-refractivity contribution is 6.33. The summed E-state index contributed by atoms with van der Waals surface area (Å²) < 4.78 is 5.02. The molecule has 0 radical (unpaired) electrons. The zero-order chi connectivity index (χ0) is 10.6. The number of ketones is 1. The van der Waals surface area contributed by atoms with Crippen molar-refractivity contribution in [1.29, 1.82) is 0 Å². The average Bonchev–Trinajstić information content (AvgIpc) is 2.18. The maximum Gasteiger partial charge on any atom is 0.166 e. The van der Waals surface area contributed by atoms with Gasteiger partial charge < -0.3 is 4.74 Å². The third-order valence-electron chi connectivity index (χ3n) is 2.05. The minimum Gasteiger partial charge on any atom is -0.381 e. The van der Waals surface area contributed by atoms with Crippen molar-refractivity contribution in [3.05, 3.63) is 34.9 Å². The number of halogens is 1. The van der Waals surface area contributed by atoms with Gasteiger partial charge in [-0.1, -0.05) is 23.7 Å². The summed E-state index contributed by atoms with van der Waals surface area (Å²) in [5, 5.41) is 0.501.